The summed E-state index contributed by atoms with van der Waals surface area (Å²) < 4.78 is 19.2. The number of halogens is 1. The maximum atomic E-state index is 14.4. The van der Waals surface area contributed by atoms with Crippen LogP contribution < -0.4 is 15.9 Å². The second-order valence-corrected chi connectivity index (χ2v) is 11.2. The monoisotopic (exact) mass is 474 g/mol. The fraction of sp³-hybridized carbons (Fsp3) is 0.0741. The molecule has 0 fully saturated rings. The van der Waals surface area contributed by atoms with Crippen molar-refractivity contribution < 1.29 is 18.8 Å². The van der Waals surface area contributed by atoms with Crippen LogP contribution in [0.4, 0.5) is 10.1 Å². The van der Waals surface area contributed by atoms with Crippen LogP contribution >= 0.6 is 7.26 Å². The minimum atomic E-state index is -2.57. The Morgan fingerprint density at radius 3 is 1.68 bits per heavy atom. The van der Waals surface area contributed by atoms with Gasteiger partial charge in [-0.2, -0.15) is 0 Å². The van der Waals surface area contributed by atoms with Gasteiger partial charge in [0, 0.05) is 0 Å². The first-order chi connectivity index (χ1) is 16.5. The van der Waals surface area contributed by atoms with E-state index in [9.17, 15) is 19.3 Å². The molecule has 0 saturated carbocycles. The quantitative estimate of drug-likeness (QED) is 0.163. The van der Waals surface area contributed by atoms with Gasteiger partial charge in [-0.3, -0.25) is 10.1 Å². The second-order valence-electron chi connectivity index (χ2n) is 7.67. The van der Waals surface area contributed by atoms with E-state index in [1.807, 2.05) is 91.0 Å². The molecule has 0 heterocycles. The van der Waals surface area contributed by atoms with Crippen molar-refractivity contribution in [3.05, 3.63) is 130 Å². The number of benzene rings is 4. The van der Waals surface area contributed by atoms with E-state index < -0.39 is 29.7 Å². The van der Waals surface area contributed by atoms with Crippen molar-refractivity contribution in [3.63, 3.8) is 0 Å². The van der Waals surface area contributed by atoms with E-state index in [4.69, 9.17) is 4.74 Å². The van der Waals surface area contributed by atoms with E-state index in [0.717, 1.165) is 28.0 Å². The van der Waals surface area contributed by atoms with Gasteiger partial charge in [-0.05, 0) is 42.5 Å². The normalized spacial score (nSPS) is 11.1. The first-order valence-electron chi connectivity index (χ1n) is 10.6. The lowest BCUT2D eigenvalue weighted by Crippen LogP contribution is -2.33. The average molecular weight is 474 g/mol. The van der Waals surface area contributed by atoms with Crippen molar-refractivity contribution in [1.29, 1.82) is 0 Å². The van der Waals surface area contributed by atoms with E-state index in [2.05, 4.69) is 0 Å². The first kappa shape index (κ1) is 23.3. The van der Waals surface area contributed by atoms with Gasteiger partial charge in [0.1, 0.15) is 35.2 Å². The highest BCUT2D eigenvalue weighted by molar-refractivity contribution is 7.95. The number of carbonyl (C=O) groups is 1. The van der Waals surface area contributed by atoms with Gasteiger partial charge in [-0.1, -0.05) is 54.6 Å². The largest absolute Gasteiger partial charge is 0.465 e. The van der Waals surface area contributed by atoms with Gasteiger partial charge in [-0.15, -0.1) is 0 Å². The fourth-order valence-corrected chi connectivity index (χ4v) is 8.54. The lowest BCUT2D eigenvalue weighted by Gasteiger charge is -2.28. The number of nitro groups is 1. The summed E-state index contributed by atoms with van der Waals surface area (Å²) in [5.74, 6) is -1.68. The number of hydrogen-bond donors (Lipinski definition) is 0. The van der Waals surface area contributed by atoms with Crippen molar-refractivity contribution in [2.45, 2.75) is 6.16 Å². The maximum Gasteiger partial charge on any atom is 0.338 e. The van der Waals surface area contributed by atoms with Gasteiger partial charge < -0.3 is 4.74 Å². The Kier molecular flexibility index (Phi) is 6.80. The minimum absolute atomic E-state index is 0.138. The topological polar surface area (TPSA) is 69.4 Å². The zero-order valence-electron chi connectivity index (χ0n) is 18.4. The molecule has 5 nitrogen and oxygen atoms in total. The Labute approximate surface area is 197 Å². The van der Waals surface area contributed by atoms with Gasteiger partial charge in [0.05, 0.1) is 29.2 Å². The Morgan fingerprint density at radius 2 is 1.29 bits per heavy atom. The molecule has 0 N–H and O–H groups in total. The van der Waals surface area contributed by atoms with Crippen LogP contribution in [0.3, 0.4) is 0 Å². The molecule has 0 radical (unpaired) electrons. The fourth-order valence-electron chi connectivity index (χ4n) is 4.25. The van der Waals surface area contributed by atoms with Gasteiger partial charge in [0.25, 0.3) is 5.69 Å². The van der Waals surface area contributed by atoms with Crippen molar-refractivity contribution in [2.75, 3.05) is 7.11 Å². The summed E-state index contributed by atoms with van der Waals surface area (Å²) in [6.07, 6.45) is 0.145. The van der Waals surface area contributed by atoms with Gasteiger partial charge in [-0.25, -0.2) is 9.18 Å². The Hall–Kier alpha value is -3.89. The third-order valence-electron chi connectivity index (χ3n) is 5.78. The van der Waals surface area contributed by atoms with Crippen molar-refractivity contribution in [3.8, 4) is 0 Å². The predicted octanol–water partition coefficient (Wildman–Crippen LogP) is 5.01. The molecule has 34 heavy (non-hydrogen) atoms. The number of esters is 1. The molecule has 4 aromatic carbocycles. The van der Waals surface area contributed by atoms with E-state index in [0.29, 0.717) is 0 Å². The Balaban J connectivity index is 2.10. The molecule has 0 aliphatic carbocycles. The van der Waals surface area contributed by atoms with Gasteiger partial charge >= 0.3 is 5.97 Å². The summed E-state index contributed by atoms with van der Waals surface area (Å²) in [5.41, 5.74) is -0.419. The molecule has 0 aliphatic rings. The van der Waals surface area contributed by atoms with Gasteiger partial charge in [0.2, 0.25) is 0 Å². The zero-order chi connectivity index (χ0) is 24.1. The van der Waals surface area contributed by atoms with Crippen LogP contribution in [0.15, 0.2) is 103 Å². The molecular weight excluding hydrogens is 452 g/mol. The SMILES string of the molecule is COC(=O)c1cc(F)cc([N+](=O)[O-])c1C[P+](c1ccccc1)(c1ccccc1)c1ccccc1. The number of methoxy groups -OCH3 is 1. The summed E-state index contributed by atoms with van der Waals surface area (Å²) >= 11 is 0. The van der Waals surface area contributed by atoms with Crippen LogP contribution in [0.25, 0.3) is 0 Å². The number of nitrogens with zero attached hydrogens (tertiary/aromatic N) is 1. The van der Waals surface area contributed by atoms with Crippen LogP contribution in [0.1, 0.15) is 15.9 Å². The zero-order valence-corrected chi connectivity index (χ0v) is 19.3. The van der Waals surface area contributed by atoms with Crippen LogP contribution in [-0.2, 0) is 10.9 Å². The number of ether oxygens (including phenoxy) is 1. The third kappa shape index (κ3) is 4.33. The molecular formula is C27H22FNO4P+. The highest BCUT2D eigenvalue weighted by atomic mass is 31.2. The van der Waals surface area contributed by atoms with E-state index >= 15 is 0 Å². The molecule has 7 heteroatoms. The van der Waals surface area contributed by atoms with E-state index in [1.54, 1.807) is 0 Å². The molecule has 4 aromatic rings. The molecule has 0 unspecified atom stereocenters. The molecule has 4 rings (SSSR count). The van der Waals surface area contributed by atoms with Gasteiger partial charge in [0.15, 0.2) is 0 Å². The Bertz CT molecular complexity index is 1220. The summed E-state index contributed by atoms with van der Waals surface area (Å²) in [6.45, 7) is 0. The number of rotatable bonds is 7. The molecule has 0 aliphatic heterocycles. The molecule has 0 saturated heterocycles. The highest BCUT2D eigenvalue weighted by Crippen LogP contribution is 2.59. The van der Waals surface area contributed by atoms with Crippen LogP contribution in [-0.4, -0.2) is 18.0 Å². The number of carbonyl (C=O) groups excluding carboxylic acids is 1. The molecule has 0 bridgehead atoms. The first-order valence-corrected chi connectivity index (χ1v) is 12.5. The Morgan fingerprint density at radius 1 is 0.853 bits per heavy atom. The summed E-state index contributed by atoms with van der Waals surface area (Å²) in [7, 11) is -1.39. The number of hydrogen-bond acceptors (Lipinski definition) is 4. The van der Waals surface area contributed by atoms with E-state index in [1.165, 1.54) is 7.11 Å². The summed E-state index contributed by atoms with van der Waals surface area (Å²) in [5, 5.41) is 15.0. The van der Waals surface area contributed by atoms with Crippen LogP contribution in [0, 0.1) is 15.9 Å². The van der Waals surface area contributed by atoms with Crippen molar-refractivity contribution >= 4 is 34.8 Å². The predicted molar refractivity (Wildman–Crippen MR) is 133 cm³/mol. The number of nitro benzene ring substituents is 1. The van der Waals surface area contributed by atoms with Crippen molar-refractivity contribution in [1.82, 2.24) is 0 Å². The molecule has 0 aromatic heterocycles. The highest BCUT2D eigenvalue weighted by Gasteiger charge is 2.48. The van der Waals surface area contributed by atoms with Crippen molar-refractivity contribution in [2.24, 2.45) is 0 Å². The van der Waals surface area contributed by atoms with Crippen LogP contribution in [0.2, 0.25) is 0 Å². The maximum absolute atomic E-state index is 14.4. The third-order valence-corrected chi connectivity index (χ3v) is 10.1. The molecule has 0 amide bonds. The smallest absolute Gasteiger partial charge is 0.338 e. The summed E-state index contributed by atoms with van der Waals surface area (Å²) in [6, 6.07) is 31.2. The molecule has 170 valence electrons. The van der Waals surface area contributed by atoms with Crippen LogP contribution in [0.5, 0.6) is 0 Å². The lowest BCUT2D eigenvalue weighted by molar-refractivity contribution is -0.385. The minimum Gasteiger partial charge on any atom is -0.465 e. The van der Waals surface area contributed by atoms with E-state index in [-0.39, 0.29) is 17.3 Å². The lowest BCUT2D eigenvalue weighted by atomic mass is 10.1. The second kappa shape index (κ2) is 9.94. The standard InChI is InChI=1S/C27H22FNO4P/c1-33-27(30)24-17-20(28)18-26(29(31)32)25(24)19-34(21-11-5-2-6-12-21,22-13-7-3-8-14-22)23-15-9-4-10-16-23/h2-18H,19H2,1H3/q+1. The molecule has 0 spiro atoms. The molecule has 0 atom stereocenters. The average Bonchev–Trinajstić information content (AvgIpc) is 2.88. The summed E-state index contributed by atoms with van der Waals surface area (Å²) in [4.78, 5) is 24.1.